The minimum absolute atomic E-state index is 0.0388. The minimum Gasteiger partial charge on any atom is -0.391 e. The average Bonchev–Trinajstić information content (AvgIpc) is 2.52. The molecule has 1 aromatic rings. The number of aliphatic hydroxyl groups excluding tert-OH is 1. The number of hydrogen-bond acceptors (Lipinski definition) is 3. The van der Waals surface area contributed by atoms with E-state index in [1.165, 1.54) is 12.1 Å². The second-order valence-corrected chi connectivity index (χ2v) is 8.03. The monoisotopic (exact) mass is 371 g/mol. The normalized spacial score (nSPS) is 23.8. The summed E-state index contributed by atoms with van der Waals surface area (Å²) in [6, 6.07) is 2.13. The summed E-state index contributed by atoms with van der Waals surface area (Å²) in [5.41, 5.74) is 0. The maximum Gasteiger partial charge on any atom is 0.243 e. The van der Waals surface area contributed by atoms with E-state index in [0.29, 0.717) is 12.8 Å². The first-order valence-corrected chi connectivity index (χ1v) is 9.28. The van der Waals surface area contributed by atoms with E-state index in [1.807, 2.05) is 0 Å². The number of hydrogen-bond donors (Lipinski definition) is 2. The highest BCUT2D eigenvalue weighted by molar-refractivity contribution is 7.89. The second-order valence-electron chi connectivity index (χ2n) is 5.13. The minimum atomic E-state index is -3.92. The lowest BCUT2D eigenvalue weighted by molar-refractivity contribution is 0.130. The number of rotatable bonds is 3. The van der Waals surface area contributed by atoms with Crippen molar-refractivity contribution in [3.63, 3.8) is 0 Å². The molecule has 1 aromatic carbocycles. The topological polar surface area (TPSA) is 66.4 Å². The summed E-state index contributed by atoms with van der Waals surface area (Å²) >= 11 is 17.7. The number of halogens is 3. The molecule has 8 heteroatoms. The summed E-state index contributed by atoms with van der Waals surface area (Å²) in [4.78, 5) is -0.202. The van der Waals surface area contributed by atoms with Crippen LogP contribution in [0.3, 0.4) is 0 Å². The molecule has 0 radical (unpaired) electrons. The van der Waals surface area contributed by atoms with Gasteiger partial charge in [-0.2, -0.15) is 0 Å². The van der Waals surface area contributed by atoms with E-state index in [1.54, 1.807) is 0 Å². The Kier molecular flexibility index (Phi) is 5.79. The smallest absolute Gasteiger partial charge is 0.243 e. The molecule has 21 heavy (non-hydrogen) atoms. The Bertz CT molecular complexity index is 598. The molecule has 0 bridgehead atoms. The molecular formula is C13H16Cl3NO3S. The molecule has 2 atom stereocenters. The number of nitrogens with one attached hydrogen (secondary N) is 1. The SMILES string of the molecule is O=S(=O)(NC1CCCCCC1O)c1c(Cl)cc(Cl)cc1Cl. The van der Waals surface area contributed by atoms with Crippen molar-refractivity contribution >= 4 is 44.8 Å². The van der Waals surface area contributed by atoms with Crippen LogP contribution in [0.4, 0.5) is 0 Å². The first kappa shape index (κ1) is 17.3. The van der Waals surface area contributed by atoms with Crippen LogP contribution in [0.25, 0.3) is 0 Å². The van der Waals surface area contributed by atoms with E-state index in [4.69, 9.17) is 34.8 Å². The van der Waals surface area contributed by atoms with Crippen molar-refractivity contribution in [1.29, 1.82) is 0 Å². The Morgan fingerprint density at radius 1 is 1.05 bits per heavy atom. The van der Waals surface area contributed by atoms with Gasteiger partial charge in [0.25, 0.3) is 0 Å². The molecule has 4 nitrogen and oxygen atoms in total. The van der Waals surface area contributed by atoms with Crippen molar-refractivity contribution < 1.29 is 13.5 Å². The third-order valence-corrected chi connectivity index (χ3v) is 6.15. The molecule has 0 spiro atoms. The van der Waals surface area contributed by atoms with Crippen molar-refractivity contribution in [3.05, 3.63) is 27.2 Å². The Hall–Kier alpha value is -0.0400. The highest BCUT2D eigenvalue weighted by atomic mass is 35.5. The van der Waals surface area contributed by atoms with Crippen molar-refractivity contribution in [2.45, 2.75) is 49.1 Å². The standard InChI is InChI=1S/C13H16Cl3NO3S/c14-8-6-9(15)13(10(16)7-8)21(19,20)17-11-4-2-1-3-5-12(11)18/h6-7,11-12,17-18H,1-5H2. The van der Waals surface area contributed by atoms with Gasteiger partial charge >= 0.3 is 0 Å². The Morgan fingerprint density at radius 3 is 2.24 bits per heavy atom. The largest absolute Gasteiger partial charge is 0.391 e. The van der Waals surface area contributed by atoms with E-state index in [9.17, 15) is 13.5 Å². The van der Waals surface area contributed by atoms with Gasteiger partial charge in [0, 0.05) is 11.1 Å². The molecule has 1 fully saturated rings. The summed E-state index contributed by atoms with van der Waals surface area (Å²) in [6.07, 6.45) is 3.21. The van der Waals surface area contributed by atoms with Gasteiger partial charge in [0.15, 0.2) is 0 Å². The van der Waals surface area contributed by atoms with E-state index in [0.717, 1.165) is 19.3 Å². The molecule has 118 valence electrons. The van der Waals surface area contributed by atoms with Crippen LogP contribution in [0.1, 0.15) is 32.1 Å². The van der Waals surface area contributed by atoms with Gasteiger partial charge < -0.3 is 5.11 Å². The van der Waals surface area contributed by atoms with Gasteiger partial charge in [-0.3, -0.25) is 0 Å². The molecule has 0 amide bonds. The second kappa shape index (κ2) is 7.02. The van der Waals surface area contributed by atoms with Crippen molar-refractivity contribution in [2.75, 3.05) is 0 Å². The summed E-state index contributed by atoms with van der Waals surface area (Å²) in [5, 5.41) is 10.2. The number of sulfonamides is 1. The highest BCUT2D eigenvalue weighted by Crippen LogP contribution is 2.33. The first-order chi connectivity index (χ1) is 9.81. The first-order valence-electron chi connectivity index (χ1n) is 6.66. The van der Waals surface area contributed by atoms with Gasteiger partial charge in [-0.05, 0) is 25.0 Å². The van der Waals surface area contributed by atoms with Crippen LogP contribution in [-0.4, -0.2) is 25.7 Å². The highest BCUT2D eigenvalue weighted by Gasteiger charge is 2.30. The molecular weight excluding hydrogens is 357 g/mol. The van der Waals surface area contributed by atoms with E-state index >= 15 is 0 Å². The molecule has 2 rings (SSSR count). The lowest BCUT2D eigenvalue weighted by Crippen LogP contribution is -2.42. The fourth-order valence-corrected chi connectivity index (χ4v) is 5.32. The molecule has 0 aromatic heterocycles. The zero-order chi connectivity index (χ0) is 15.6. The van der Waals surface area contributed by atoms with Gasteiger partial charge in [-0.1, -0.05) is 54.1 Å². The molecule has 0 aliphatic heterocycles. The zero-order valence-corrected chi connectivity index (χ0v) is 14.2. The molecule has 1 saturated carbocycles. The molecule has 0 heterocycles. The Morgan fingerprint density at radius 2 is 1.62 bits per heavy atom. The lowest BCUT2D eigenvalue weighted by Gasteiger charge is -2.22. The van der Waals surface area contributed by atoms with Crippen molar-refractivity contribution in [3.8, 4) is 0 Å². The predicted molar refractivity (Wildman–Crippen MR) is 84.7 cm³/mol. The van der Waals surface area contributed by atoms with E-state index < -0.39 is 22.2 Å². The van der Waals surface area contributed by atoms with Crippen LogP contribution >= 0.6 is 34.8 Å². The Balaban J connectivity index is 2.30. The predicted octanol–water partition coefficient (Wildman–Crippen LogP) is 3.62. The molecule has 2 N–H and O–H groups in total. The third-order valence-electron chi connectivity index (χ3n) is 3.52. The third kappa shape index (κ3) is 4.24. The maximum absolute atomic E-state index is 12.5. The van der Waals surface area contributed by atoms with E-state index in [-0.39, 0.29) is 20.0 Å². The fraction of sp³-hybridized carbons (Fsp3) is 0.538. The summed E-state index contributed by atoms with van der Waals surface area (Å²) < 4.78 is 27.5. The van der Waals surface area contributed by atoms with Gasteiger partial charge in [-0.25, -0.2) is 13.1 Å². The van der Waals surface area contributed by atoms with Crippen LogP contribution in [-0.2, 0) is 10.0 Å². The van der Waals surface area contributed by atoms with Gasteiger partial charge in [-0.15, -0.1) is 0 Å². The summed E-state index contributed by atoms with van der Waals surface area (Å²) in [5.74, 6) is 0. The van der Waals surface area contributed by atoms with Gasteiger partial charge in [0.05, 0.1) is 16.1 Å². The quantitative estimate of drug-likeness (QED) is 0.796. The molecule has 1 aliphatic carbocycles. The van der Waals surface area contributed by atoms with Crippen LogP contribution in [0, 0.1) is 0 Å². The molecule has 1 aliphatic rings. The van der Waals surface area contributed by atoms with Gasteiger partial charge in [0.2, 0.25) is 10.0 Å². The average molecular weight is 373 g/mol. The number of aliphatic hydroxyl groups is 1. The van der Waals surface area contributed by atoms with E-state index in [2.05, 4.69) is 4.72 Å². The number of benzene rings is 1. The summed E-state index contributed by atoms with van der Waals surface area (Å²) in [7, 11) is -3.92. The Labute approximate surface area is 139 Å². The van der Waals surface area contributed by atoms with Crippen molar-refractivity contribution in [2.24, 2.45) is 0 Å². The van der Waals surface area contributed by atoms with Gasteiger partial charge in [0.1, 0.15) is 4.90 Å². The molecule has 2 unspecified atom stereocenters. The zero-order valence-electron chi connectivity index (χ0n) is 11.2. The summed E-state index contributed by atoms with van der Waals surface area (Å²) in [6.45, 7) is 0. The fourth-order valence-electron chi connectivity index (χ4n) is 2.47. The van der Waals surface area contributed by atoms with Crippen LogP contribution < -0.4 is 4.72 Å². The van der Waals surface area contributed by atoms with Crippen LogP contribution in [0.2, 0.25) is 15.1 Å². The van der Waals surface area contributed by atoms with Crippen LogP contribution in [0.5, 0.6) is 0 Å². The maximum atomic E-state index is 12.5. The lowest BCUT2D eigenvalue weighted by atomic mass is 10.1. The van der Waals surface area contributed by atoms with Crippen LogP contribution in [0.15, 0.2) is 17.0 Å². The molecule has 0 saturated heterocycles. The van der Waals surface area contributed by atoms with Crippen molar-refractivity contribution in [1.82, 2.24) is 4.72 Å².